The summed E-state index contributed by atoms with van der Waals surface area (Å²) < 4.78 is 5.30. The Labute approximate surface area is 280 Å². The first-order chi connectivity index (χ1) is 23.1. The number of nitrogens with one attached hydrogen (secondary N) is 2. The number of esters is 1. The molecule has 0 spiro atoms. The van der Waals surface area contributed by atoms with Crippen LogP contribution in [0.2, 0.25) is 0 Å². The van der Waals surface area contributed by atoms with Gasteiger partial charge >= 0.3 is 11.9 Å². The van der Waals surface area contributed by atoms with Crippen LogP contribution in [-0.4, -0.2) is 76.5 Å². The van der Waals surface area contributed by atoms with Gasteiger partial charge < -0.3 is 31.1 Å². The second-order valence-corrected chi connectivity index (χ2v) is 12.2. The first-order valence-corrected chi connectivity index (χ1v) is 16.1. The molecule has 0 radical (unpaired) electrons. The number of amides is 3. The molecule has 1 heterocycles. The van der Waals surface area contributed by atoms with Gasteiger partial charge in [-0.15, -0.1) is 0 Å². The quantitative estimate of drug-likeness (QED) is 0.135. The zero-order valence-electron chi connectivity index (χ0n) is 27.0. The number of rotatable bonds is 16. The minimum atomic E-state index is -1.54. The fourth-order valence-corrected chi connectivity index (χ4v) is 5.72. The van der Waals surface area contributed by atoms with Gasteiger partial charge in [0.2, 0.25) is 17.7 Å². The molecule has 1 unspecified atom stereocenters. The zero-order valence-corrected chi connectivity index (χ0v) is 27.0. The van der Waals surface area contributed by atoms with Crippen molar-refractivity contribution in [3.8, 4) is 0 Å². The van der Waals surface area contributed by atoms with Gasteiger partial charge in [0.05, 0.1) is 18.2 Å². The van der Waals surface area contributed by atoms with E-state index in [0.29, 0.717) is 36.8 Å². The number of carboxylic acid groups (broad SMARTS) is 1. The van der Waals surface area contributed by atoms with Crippen molar-refractivity contribution in [1.82, 2.24) is 15.5 Å². The summed E-state index contributed by atoms with van der Waals surface area (Å²) >= 11 is 0. The van der Waals surface area contributed by atoms with Crippen molar-refractivity contribution in [2.45, 2.75) is 75.5 Å². The largest absolute Gasteiger partial charge is 0.480 e. The van der Waals surface area contributed by atoms with Crippen LogP contribution in [0.15, 0.2) is 78.9 Å². The fraction of sp³-hybridized carbons (Fsp3) is 0.378. The van der Waals surface area contributed by atoms with E-state index in [4.69, 9.17) is 10.5 Å². The van der Waals surface area contributed by atoms with Gasteiger partial charge in [-0.05, 0) is 80.5 Å². The predicted octanol–water partition coefficient (Wildman–Crippen LogP) is 2.86. The number of carbonyl (C=O) groups is 5. The van der Waals surface area contributed by atoms with Gasteiger partial charge in [-0.1, -0.05) is 60.7 Å². The van der Waals surface area contributed by atoms with Gasteiger partial charge in [0, 0.05) is 19.4 Å². The minimum Gasteiger partial charge on any atom is -0.480 e. The topological polar surface area (TPSA) is 168 Å². The number of likely N-dealkylation sites (tertiary alicyclic amines) is 1. The molecule has 3 aromatic rings. The van der Waals surface area contributed by atoms with Gasteiger partial charge in [0.25, 0.3) is 0 Å². The average molecular weight is 655 g/mol. The standard InChI is InChI=1S/C37H42N4O7/c1-37(25-27-16-7-3-8-17-27,40-32(42)29(38)20-11-12-23-48-35(46)28-18-9-4-10-19-28)36(47)39-30(24-26-14-5-2-6-15-26)33(43)41-22-13-21-31(41)34(44)45/h2,4-7,9-10,14-19,29-31H,11-13,20-25,38H2,1H3,(H,39,47)(H,40,42)(H,44,45)/t29-,30?,31+,37-/m0/s1. The molecule has 0 aliphatic carbocycles. The zero-order chi connectivity index (χ0) is 34.5. The molecule has 11 heteroatoms. The molecule has 1 fully saturated rings. The number of benzene rings is 2. The van der Waals surface area contributed by atoms with Crippen molar-refractivity contribution in [2.24, 2.45) is 5.73 Å². The lowest BCUT2D eigenvalue weighted by atomic mass is 9.90. The molecule has 5 N–H and O–H groups in total. The predicted molar refractivity (Wildman–Crippen MR) is 177 cm³/mol. The van der Waals surface area contributed by atoms with Crippen LogP contribution in [-0.2, 0) is 36.8 Å². The number of nitrogens with two attached hydrogens (primary N) is 1. The van der Waals surface area contributed by atoms with Gasteiger partial charge in [0.1, 0.15) is 17.6 Å². The molecule has 0 aromatic heterocycles. The summed E-state index contributed by atoms with van der Waals surface area (Å²) in [4.78, 5) is 66.7. The third-order valence-electron chi connectivity index (χ3n) is 8.38. The molecular formula is C37H42N4O7. The molecule has 0 saturated carbocycles. The van der Waals surface area contributed by atoms with Gasteiger partial charge in [-0.3, -0.25) is 14.4 Å². The highest BCUT2D eigenvalue weighted by Gasteiger charge is 2.41. The van der Waals surface area contributed by atoms with Crippen molar-refractivity contribution in [3.05, 3.63) is 108 Å². The van der Waals surface area contributed by atoms with E-state index in [9.17, 15) is 29.1 Å². The van der Waals surface area contributed by atoms with Gasteiger partial charge in [-0.2, -0.15) is 0 Å². The summed E-state index contributed by atoms with van der Waals surface area (Å²) in [5.41, 5.74) is 6.63. The number of ether oxygens (including phenoxy) is 1. The molecule has 1 aliphatic heterocycles. The van der Waals surface area contributed by atoms with E-state index in [1.165, 1.54) is 4.90 Å². The fourth-order valence-electron chi connectivity index (χ4n) is 5.72. The number of hydrogen-bond acceptors (Lipinski definition) is 7. The van der Waals surface area contributed by atoms with Crippen LogP contribution in [0.3, 0.4) is 0 Å². The van der Waals surface area contributed by atoms with Crippen LogP contribution in [0.4, 0.5) is 0 Å². The lowest BCUT2D eigenvalue weighted by Crippen LogP contribution is -2.64. The number of unbranched alkanes of at least 4 members (excludes halogenated alkanes) is 1. The molecule has 4 rings (SSSR count). The first-order valence-electron chi connectivity index (χ1n) is 16.1. The minimum absolute atomic E-state index is 0.0611. The van der Waals surface area contributed by atoms with Crippen molar-refractivity contribution in [1.29, 1.82) is 0 Å². The number of hydrogen-bond donors (Lipinski definition) is 4. The lowest BCUT2D eigenvalue weighted by molar-refractivity contribution is -0.149. The molecule has 1 aliphatic rings. The number of carbonyl (C=O) groups excluding carboxylic acids is 4. The van der Waals surface area contributed by atoms with Crippen molar-refractivity contribution in [3.63, 3.8) is 0 Å². The maximum Gasteiger partial charge on any atom is 0.338 e. The molecular weight excluding hydrogens is 612 g/mol. The van der Waals surface area contributed by atoms with Crippen LogP contribution >= 0.6 is 0 Å². The Morgan fingerprint density at radius 1 is 1.00 bits per heavy atom. The van der Waals surface area contributed by atoms with Crippen LogP contribution < -0.4 is 16.4 Å². The van der Waals surface area contributed by atoms with Crippen molar-refractivity contribution < 1.29 is 33.8 Å². The summed E-state index contributed by atoms with van der Waals surface area (Å²) in [7, 11) is 0. The monoisotopic (exact) mass is 654 g/mol. The van der Waals surface area contributed by atoms with Gasteiger partial charge in [0.15, 0.2) is 0 Å². The highest BCUT2D eigenvalue weighted by Crippen LogP contribution is 2.21. The van der Waals surface area contributed by atoms with Crippen LogP contribution in [0.25, 0.3) is 0 Å². The highest BCUT2D eigenvalue weighted by molar-refractivity contribution is 5.96. The Hall–Kier alpha value is -5.21. The van der Waals surface area contributed by atoms with E-state index < -0.39 is 53.3 Å². The molecule has 0 bridgehead atoms. The van der Waals surface area contributed by atoms with E-state index in [1.54, 1.807) is 49.4 Å². The molecule has 3 aromatic carbocycles. The lowest BCUT2D eigenvalue weighted by Gasteiger charge is -2.34. The Kier molecular flexibility index (Phi) is 12.7. The van der Waals surface area contributed by atoms with Crippen molar-refractivity contribution in [2.75, 3.05) is 13.2 Å². The van der Waals surface area contributed by atoms with Crippen LogP contribution in [0.1, 0.15) is 60.5 Å². The van der Waals surface area contributed by atoms with E-state index in [2.05, 4.69) is 22.8 Å². The van der Waals surface area contributed by atoms with E-state index in [0.717, 1.165) is 5.56 Å². The SMILES string of the molecule is C[C@@](Cc1cc#ccc1)(NC(=O)[C@@H](N)CCCCOC(=O)c1ccccc1)C(=O)NC(Cc1ccccc1)C(=O)N1CCC[C@@H]1C(=O)O. The van der Waals surface area contributed by atoms with Crippen LogP contribution in [0.5, 0.6) is 0 Å². The molecule has 1 saturated heterocycles. The summed E-state index contributed by atoms with van der Waals surface area (Å²) in [5, 5.41) is 15.4. The third-order valence-corrected chi connectivity index (χ3v) is 8.38. The van der Waals surface area contributed by atoms with Crippen molar-refractivity contribution >= 4 is 29.7 Å². The second-order valence-electron chi connectivity index (χ2n) is 12.2. The molecule has 252 valence electrons. The maximum absolute atomic E-state index is 14.1. The smallest absolute Gasteiger partial charge is 0.338 e. The number of nitrogens with zero attached hydrogens (tertiary/aromatic N) is 1. The summed E-state index contributed by atoms with van der Waals surface area (Å²) in [6, 6.07) is 25.5. The van der Waals surface area contributed by atoms with E-state index >= 15 is 0 Å². The molecule has 48 heavy (non-hydrogen) atoms. The Bertz CT molecular complexity index is 1540. The Morgan fingerprint density at radius 2 is 1.71 bits per heavy atom. The first kappa shape index (κ1) is 35.6. The summed E-state index contributed by atoms with van der Waals surface area (Å²) in [6.07, 6.45) is 2.32. The Morgan fingerprint density at radius 3 is 2.38 bits per heavy atom. The van der Waals surface area contributed by atoms with E-state index in [-0.39, 0.29) is 32.4 Å². The highest BCUT2D eigenvalue weighted by atomic mass is 16.5. The molecule has 4 atom stereocenters. The van der Waals surface area contributed by atoms with Crippen LogP contribution in [0, 0.1) is 12.1 Å². The normalized spacial score (nSPS) is 16.5. The molecule has 11 nitrogen and oxygen atoms in total. The third kappa shape index (κ3) is 9.89. The average Bonchev–Trinajstić information content (AvgIpc) is 3.59. The second kappa shape index (κ2) is 17.1. The number of aliphatic carboxylic acids is 1. The van der Waals surface area contributed by atoms with E-state index in [1.807, 2.05) is 36.4 Å². The summed E-state index contributed by atoms with van der Waals surface area (Å²) in [5.74, 6) is -3.20. The molecule has 3 amide bonds. The number of carboxylic acids is 1. The summed E-state index contributed by atoms with van der Waals surface area (Å²) in [6.45, 7) is 1.99. The Balaban J connectivity index is 1.44. The van der Waals surface area contributed by atoms with Gasteiger partial charge in [-0.25, -0.2) is 9.59 Å². The maximum atomic E-state index is 14.1.